The molecule has 2 rings (SSSR count). The van der Waals surface area contributed by atoms with Crippen molar-refractivity contribution in [1.82, 2.24) is 14.8 Å². The molecule has 0 aliphatic carbocycles. The quantitative estimate of drug-likeness (QED) is 0.397. The van der Waals surface area contributed by atoms with E-state index in [4.69, 9.17) is 5.11 Å². The van der Waals surface area contributed by atoms with Crippen molar-refractivity contribution in [2.24, 2.45) is 0 Å². The average Bonchev–Trinajstić information content (AvgIpc) is 2.88. The average molecular weight is 493 g/mol. The predicted molar refractivity (Wildman–Crippen MR) is 86.0 cm³/mol. The first-order valence-electron chi connectivity index (χ1n) is 6.97. The molecule has 0 bridgehead atoms. The zero-order valence-corrected chi connectivity index (χ0v) is 16.4. The fraction of sp³-hybridized carbons (Fsp3) is 0.353. The van der Waals surface area contributed by atoms with Gasteiger partial charge in [-0.15, -0.1) is 6.07 Å². The smallest absolute Gasteiger partial charge is 0.155 e. The largest absolute Gasteiger partial charge is 0.512 e. The maximum atomic E-state index is 10.0. The van der Waals surface area contributed by atoms with E-state index in [9.17, 15) is 4.79 Å². The van der Waals surface area contributed by atoms with Crippen LogP contribution in [0.2, 0.25) is 0 Å². The Morgan fingerprint density at radius 3 is 2.30 bits per heavy atom. The van der Waals surface area contributed by atoms with Crippen LogP contribution in [0.5, 0.6) is 0 Å². The van der Waals surface area contributed by atoms with Gasteiger partial charge in [-0.3, -0.25) is 9.89 Å². The van der Waals surface area contributed by atoms with E-state index < -0.39 is 0 Å². The summed E-state index contributed by atoms with van der Waals surface area (Å²) < 4.78 is 1.68. The van der Waals surface area contributed by atoms with Gasteiger partial charge in [0.1, 0.15) is 0 Å². The van der Waals surface area contributed by atoms with E-state index in [0.29, 0.717) is 0 Å². The maximum absolute atomic E-state index is 10.0. The first-order valence-corrected chi connectivity index (χ1v) is 6.97. The van der Waals surface area contributed by atoms with Crippen LogP contribution in [0.25, 0.3) is 5.82 Å². The van der Waals surface area contributed by atoms with Gasteiger partial charge in [-0.1, -0.05) is 39.1 Å². The molecule has 2 heterocycles. The van der Waals surface area contributed by atoms with E-state index in [0.717, 1.165) is 11.5 Å². The molecule has 0 aromatic carbocycles. The number of aromatic nitrogens is 3. The van der Waals surface area contributed by atoms with Gasteiger partial charge in [0.15, 0.2) is 5.78 Å². The maximum Gasteiger partial charge on any atom is 0.155 e. The minimum absolute atomic E-state index is 0. The zero-order valence-electron chi connectivity index (χ0n) is 14.0. The van der Waals surface area contributed by atoms with Crippen LogP contribution >= 0.6 is 0 Å². The summed E-state index contributed by atoms with van der Waals surface area (Å²) in [5, 5.41) is 12.8. The van der Waals surface area contributed by atoms with Gasteiger partial charge in [0, 0.05) is 32.4 Å². The Balaban J connectivity index is 0.000000522. The fourth-order valence-corrected chi connectivity index (χ4v) is 1.54. The number of aliphatic hydroxyl groups is 1. The molecule has 1 radical (unpaired) electrons. The van der Waals surface area contributed by atoms with Gasteiger partial charge in [0.25, 0.3) is 0 Å². The first-order chi connectivity index (χ1) is 10.2. The molecule has 6 heteroatoms. The molecule has 0 saturated heterocycles. The molecule has 0 atom stereocenters. The third kappa shape index (κ3) is 7.86. The van der Waals surface area contributed by atoms with Crippen molar-refractivity contribution in [3.63, 3.8) is 0 Å². The van der Waals surface area contributed by atoms with Crippen LogP contribution in [-0.2, 0) is 30.3 Å². The van der Waals surface area contributed by atoms with Crippen molar-refractivity contribution in [3.8, 4) is 5.82 Å². The van der Waals surface area contributed by atoms with Crippen molar-refractivity contribution in [2.75, 3.05) is 0 Å². The van der Waals surface area contributed by atoms with Crippen molar-refractivity contribution >= 4 is 5.78 Å². The summed E-state index contributed by atoms with van der Waals surface area (Å²) in [7, 11) is 0. The van der Waals surface area contributed by atoms with Gasteiger partial charge in [-0.25, -0.2) is 0 Å². The van der Waals surface area contributed by atoms with Crippen molar-refractivity contribution < 1.29 is 30.0 Å². The number of ketones is 1. The summed E-state index contributed by atoms with van der Waals surface area (Å²) in [6.07, 6.45) is 5.99. The van der Waals surface area contributed by atoms with Gasteiger partial charge in [0.05, 0.1) is 11.6 Å². The minimum Gasteiger partial charge on any atom is -0.512 e. The van der Waals surface area contributed by atoms with Gasteiger partial charge >= 0.3 is 0 Å². The molecule has 1 N–H and O–H groups in total. The Kier molecular flexibility index (Phi) is 8.65. The third-order valence-corrected chi connectivity index (χ3v) is 2.58. The van der Waals surface area contributed by atoms with E-state index in [1.54, 1.807) is 10.9 Å². The van der Waals surface area contributed by atoms with Gasteiger partial charge in [-0.05, 0) is 31.0 Å². The van der Waals surface area contributed by atoms with E-state index in [2.05, 4.69) is 37.1 Å². The third-order valence-electron chi connectivity index (χ3n) is 2.58. The molecule has 23 heavy (non-hydrogen) atoms. The molecule has 0 spiro atoms. The Hall–Kier alpha value is -1.78. The second kappa shape index (κ2) is 9.38. The van der Waals surface area contributed by atoms with Gasteiger partial charge < -0.3 is 14.8 Å². The number of pyridine rings is 1. The summed E-state index contributed by atoms with van der Waals surface area (Å²) >= 11 is 0. The van der Waals surface area contributed by atoms with Gasteiger partial charge in [0.2, 0.25) is 0 Å². The van der Waals surface area contributed by atoms with E-state index in [1.807, 2.05) is 24.3 Å². The number of nitrogens with zero attached hydrogens (tertiary/aromatic N) is 3. The van der Waals surface area contributed by atoms with Crippen molar-refractivity contribution in [1.29, 1.82) is 0 Å². The fourth-order valence-electron chi connectivity index (χ4n) is 1.54. The minimum atomic E-state index is -0.125. The first kappa shape index (κ1) is 21.2. The summed E-state index contributed by atoms with van der Waals surface area (Å²) in [5.74, 6) is 0.737. The Morgan fingerprint density at radius 2 is 1.96 bits per heavy atom. The normalized spacial score (nSPS) is 11.1. The Bertz CT molecular complexity index is 639. The molecule has 0 aliphatic rings. The molecular weight excluding hydrogens is 470 g/mol. The van der Waals surface area contributed by atoms with Crippen LogP contribution in [0.15, 0.2) is 42.3 Å². The van der Waals surface area contributed by atoms with Crippen LogP contribution in [0.4, 0.5) is 0 Å². The summed E-state index contributed by atoms with van der Waals surface area (Å²) in [6, 6.07) is 7.65. The Labute approximate surface area is 150 Å². The van der Waals surface area contributed by atoms with E-state index in [1.165, 1.54) is 19.9 Å². The van der Waals surface area contributed by atoms with E-state index in [-0.39, 0.29) is 37.1 Å². The SMILES string of the molecule is CC(=O)/C=C(/C)O.CC(C)(C)c1c[c-]n(-c2ccccn2)n1.[Ir]. The van der Waals surface area contributed by atoms with E-state index >= 15 is 0 Å². The van der Waals surface area contributed by atoms with Crippen LogP contribution in [0.1, 0.15) is 40.3 Å². The molecule has 0 amide bonds. The topological polar surface area (TPSA) is 68.0 Å². The summed E-state index contributed by atoms with van der Waals surface area (Å²) in [4.78, 5) is 14.2. The number of carbonyl (C=O) groups excluding carboxylic acids is 1. The molecule has 0 unspecified atom stereocenters. The zero-order chi connectivity index (χ0) is 16.8. The summed E-state index contributed by atoms with van der Waals surface area (Å²) in [5.41, 5.74) is 1.07. The van der Waals surface area contributed by atoms with Crippen molar-refractivity contribution in [3.05, 3.63) is 54.2 Å². The van der Waals surface area contributed by atoms with Crippen LogP contribution in [0.3, 0.4) is 0 Å². The number of carbonyl (C=O) groups is 1. The molecule has 0 fully saturated rings. The number of allylic oxidation sites excluding steroid dienone is 2. The number of hydrogen-bond donors (Lipinski definition) is 1. The Morgan fingerprint density at radius 1 is 1.30 bits per heavy atom. The number of rotatable bonds is 2. The molecular formula is C17H22IrN3O2-. The standard InChI is InChI=1S/C12H14N3.C5H8O2.Ir/c1-12(2,3)10-7-9-15(14-10)11-6-4-5-8-13-11;1-4(6)3-5(2)7;/h4-8H,1-3H3;3,6H,1-2H3;/q-1;;/b;4-3-;. The molecule has 0 saturated carbocycles. The molecule has 2 aromatic rings. The molecule has 5 nitrogen and oxygen atoms in total. The number of hydrogen-bond acceptors (Lipinski definition) is 4. The monoisotopic (exact) mass is 493 g/mol. The molecule has 0 aliphatic heterocycles. The summed E-state index contributed by atoms with van der Waals surface area (Å²) in [6.45, 7) is 9.24. The predicted octanol–water partition coefficient (Wildman–Crippen LogP) is 3.40. The second-order valence-corrected chi connectivity index (χ2v) is 5.90. The molecule has 127 valence electrons. The number of aliphatic hydroxyl groups excluding tert-OH is 1. The van der Waals surface area contributed by atoms with Crippen LogP contribution in [-0.4, -0.2) is 25.7 Å². The van der Waals surface area contributed by atoms with Crippen LogP contribution < -0.4 is 0 Å². The van der Waals surface area contributed by atoms with Gasteiger partial charge in [-0.2, -0.15) is 0 Å². The second-order valence-electron chi connectivity index (χ2n) is 5.90. The van der Waals surface area contributed by atoms with Crippen molar-refractivity contribution in [2.45, 2.75) is 40.0 Å². The molecule has 2 aromatic heterocycles. The van der Waals surface area contributed by atoms with Crippen LogP contribution in [0, 0.1) is 6.20 Å².